The first kappa shape index (κ1) is 24.3. The molecule has 2 aliphatic rings. The summed E-state index contributed by atoms with van der Waals surface area (Å²) in [6, 6.07) is 8.50. The van der Waals surface area contributed by atoms with E-state index in [2.05, 4.69) is 52.1 Å². The van der Waals surface area contributed by atoms with E-state index in [0.29, 0.717) is 12.5 Å². The number of hydrogen-bond acceptors (Lipinski definition) is 6. The van der Waals surface area contributed by atoms with Crippen molar-refractivity contribution in [1.82, 2.24) is 20.9 Å². The van der Waals surface area contributed by atoms with Crippen LogP contribution in [0.3, 0.4) is 0 Å². The zero-order valence-electron chi connectivity index (χ0n) is 17.6. The first-order chi connectivity index (χ1) is 14.5. The molecule has 1 aromatic heterocycles. The van der Waals surface area contributed by atoms with Gasteiger partial charge in [-0.3, -0.25) is 4.98 Å². The summed E-state index contributed by atoms with van der Waals surface area (Å²) in [5, 5.41) is 25.7. The van der Waals surface area contributed by atoms with Crippen LogP contribution in [0.5, 0.6) is 0 Å². The third kappa shape index (κ3) is 10.2. The molecule has 1 unspecified atom stereocenters. The molecule has 2 aromatic rings. The van der Waals surface area contributed by atoms with E-state index in [0.717, 1.165) is 39.0 Å². The number of piperidine rings is 1. The zero-order chi connectivity index (χ0) is 21.6. The monoisotopic (exact) mass is 434 g/mol. The van der Waals surface area contributed by atoms with Gasteiger partial charge in [0.25, 0.3) is 0 Å². The van der Waals surface area contributed by atoms with Crippen LogP contribution >= 0.6 is 11.3 Å². The summed E-state index contributed by atoms with van der Waals surface area (Å²) < 4.78 is 0. The van der Waals surface area contributed by atoms with Gasteiger partial charge < -0.3 is 26.2 Å². The Balaban J connectivity index is 0.000000169. The van der Waals surface area contributed by atoms with Crippen molar-refractivity contribution in [3.05, 3.63) is 41.5 Å². The molecule has 3 heterocycles. The van der Waals surface area contributed by atoms with Crippen LogP contribution in [-0.4, -0.2) is 60.1 Å². The van der Waals surface area contributed by atoms with Crippen LogP contribution in [0.25, 0.3) is 10.4 Å². The van der Waals surface area contributed by atoms with Gasteiger partial charge in [0.15, 0.2) is 0 Å². The minimum atomic E-state index is -0.913. The van der Waals surface area contributed by atoms with Gasteiger partial charge in [-0.25, -0.2) is 4.79 Å². The highest BCUT2D eigenvalue weighted by Crippen LogP contribution is 2.22. The van der Waals surface area contributed by atoms with Crippen molar-refractivity contribution < 1.29 is 15.0 Å². The predicted molar refractivity (Wildman–Crippen MR) is 122 cm³/mol. The Morgan fingerprint density at radius 3 is 2.37 bits per heavy atom. The maximum Gasteiger partial charge on any atom is 0.404 e. The van der Waals surface area contributed by atoms with Crippen molar-refractivity contribution in [2.45, 2.75) is 38.7 Å². The lowest BCUT2D eigenvalue weighted by atomic mass is 9.95. The van der Waals surface area contributed by atoms with E-state index in [1.54, 1.807) is 11.3 Å². The molecule has 0 spiro atoms. The van der Waals surface area contributed by atoms with E-state index >= 15 is 0 Å². The number of nitrogens with one attached hydrogen (secondary N) is 3. The average molecular weight is 435 g/mol. The molecule has 0 radical (unpaired) electrons. The standard InChI is InChI=1S/C10H9NS.C8H16N2O2.C4H9NO/c1-8-2-4-9(5-3-8)10-6-11-7-12-10;11-8(12)10-6-3-7-1-4-9-5-2-7;6-4-1-2-5-3-4/h2-7H,1H3;7,9-10H,1-6H2,(H,11,12);4-6H,1-3H2. The van der Waals surface area contributed by atoms with E-state index < -0.39 is 6.09 Å². The Hall–Kier alpha value is -2.00. The second kappa shape index (κ2) is 14.1. The van der Waals surface area contributed by atoms with E-state index in [1.165, 1.54) is 28.8 Å². The van der Waals surface area contributed by atoms with Gasteiger partial charge in [-0.15, -0.1) is 11.3 Å². The topological polar surface area (TPSA) is 107 Å². The first-order valence-electron chi connectivity index (χ1n) is 10.6. The van der Waals surface area contributed by atoms with Crippen molar-refractivity contribution in [1.29, 1.82) is 0 Å². The number of carbonyl (C=O) groups is 1. The summed E-state index contributed by atoms with van der Waals surface area (Å²) in [6.45, 7) is 6.63. The molecule has 0 aliphatic carbocycles. The Labute approximate surface area is 182 Å². The van der Waals surface area contributed by atoms with E-state index in [1.807, 2.05) is 11.7 Å². The summed E-state index contributed by atoms with van der Waals surface area (Å²) in [5.41, 5.74) is 4.40. The third-order valence-corrected chi connectivity index (χ3v) is 5.91. The van der Waals surface area contributed by atoms with Crippen molar-refractivity contribution in [2.75, 3.05) is 32.7 Å². The van der Waals surface area contributed by atoms with Gasteiger partial charge in [-0.05, 0) is 63.7 Å². The Kier molecular flexibility index (Phi) is 11.4. The first-order valence-corrected chi connectivity index (χ1v) is 11.4. The van der Waals surface area contributed by atoms with Crippen molar-refractivity contribution in [3.63, 3.8) is 0 Å². The lowest BCUT2D eigenvalue weighted by molar-refractivity contribution is 0.193. The minimum absolute atomic E-state index is 0.0648. The minimum Gasteiger partial charge on any atom is -0.465 e. The molecule has 0 saturated carbocycles. The fourth-order valence-corrected chi connectivity index (χ4v) is 3.90. The van der Waals surface area contributed by atoms with Crippen LogP contribution in [0, 0.1) is 12.8 Å². The zero-order valence-corrected chi connectivity index (χ0v) is 18.5. The number of rotatable bonds is 4. The molecule has 1 atom stereocenters. The highest BCUT2D eigenvalue weighted by Gasteiger charge is 2.12. The number of carboxylic acid groups (broad SMARTS) is 1. The number of aliphatic hydroxyl groups excluding tert-OH is 1. The van der Waals surface area contributed by atoms with E-state index in [-0.39, 0.29) is 6.10 Å². The normalized spacial score (nSPS) is 18.5. The second-order valence-electron chi connectivity index (χ2n) is 7.59. The lowest BCUT2D eigenvalue weighted by Crippen LogP contribution is -2.30. The third-order valence-electron chi connectivity index (χ3n) is 5.09. The van der Waals surface area contributed by atoms with Crippen LogP contribution in [-0.2, 0) is 0 Å². The number of aromatic nitrogens is 1. The SMILES string of the molecule is Cc1ccc(-c2cncs2)cc1.O=C(O)NCCC1CCNCC1.OC1CCNC1. The highest BCUT2D eigenvalue weighted by molar-refractivity contribution is 7.13. The van der Waals surface area contributed by atoms with Crippen LogP contribution < -0.4 is 16.0 Å². The highest BCUT2D eigenvalue weighted by atomic mass is 32.1. The van der Waals surface area contributed by atoms with Crippen molar-refractivity contribution in [3.8, 4) is 10.4 Å². The molecular weight excluding hydrogens is 400 g/mol. The molecule has 2 saturated heterocycles. The maximum absolute atomic E-state index is 10.1. The van der Waals surface area contributed by atoms with E-state index in [9.17, 15) is 4.79 Å². The lowest BCUT2D eigenvalue weighted by Gasteiger charge is -2.22. The van der Waals surface area contributed by atoms with Gasteiger partial charge in [0.2, 0.25) is 0 Å². The molecular formula is C22H34N4O3S. The van der Waals surface area contributed by atoms with E-state index in [4.69, 9.17) is 10.2 Å². The van der Waals surface area contributed by atoms with Gasteiger partial charge >= 0.3 is 6.09 Å². The molecule has 1 aromatic carbocycles. The van der Waals surface area contributed by atoms with Crippen molar-refractivity contribution in [2.24, 2.45) is 5.92 Å². The van der Waals surface area contributed by atoms with Crippen LogP contribution in [0.2, 0.25) is 0 Å². The number of hydrogen-bond donors (Lipinski definition) is 5. The number of β-amino-alcohol motifs (C(OH)–C–C–N with tert-alkyl or cyclic N) is 1. The van der Waals surface area contributed by atoms with Crippen molar-refractivity contribution >= 4 is 17.4 Å². The number of aliphatic hydroxyl groups is 1. The molecule has 5 N–H and O–H groups in total. The van der Waals surface area contributed by atoms with Crippen LogP contribution in [0.15, 0.2) is 36.0 Å². The summed E-state index contributed by atoms with van der Waals surface area (Å²) in [7, 11) is 0. The second-order valence-corrected chi connectivity index (χ2v) is 8.48. The number of amides is 1. The summed E-state index contributed by atoms with van der Waals surface area (Å²) in [5.74, 6) is 0.707. The molecule has 2 fully saturated rings. The predicted octanol–water partition coefficient (Wildman–Crippen LogP) is 3.10. The Morgan fingerprint density at radius 2 is 1.87 bits per heavy atom. The van der Waals surface area contributed by atoms with Crippen LogP contribution in [0.1, 0.15) is 31.2 Å². The smallest absolute Gasteiger partial charge is 0.404 e. The number of nitrogens with zero attached hydrogens (tertiary/aromatic N) is 1. The largest absolute Gasteiger partial charge is 0.465 e. The maximum atomic E-state index is 10.1. The fraction of sp³-hybridized carbons (Fsp3) is 0.545. The molecule has 4 rings (SSSR count). The van der Waals surface area contributed by atoms with Gasteiger partial charge in [0, 0.05) is 19.3 Å². The van der Waals surface area contributed by atoms with Gasteiger partial charge in [0.1, 0.15) is 0 Å². The number of thiazole rings is 1. The molecule has 30 heavy (non-hydrogen) atoms. The fourth-order valence-electron chi connectivity index (χ4n) is 3.27. The summed E-state index contributed by atoms with van der Waals surface area (Å²) >= 11 is 1.67. The van der Waals surface area contributed by atoms with Gasteiger partial charge in [-0.1, -0.05) is 29.8 Å². The van der Waals surface area contributed by atoms with Gasteiger partial charge in [0.05, 0.1) is 16.5 Å². The molecule has 2 aliphatic heterocycles. The summed E-state index contributed by atoms with van der Waals surface area (Å²) in [6.07, 6.45) is 5.19. The van der Waals surface area contributed by atoms with Crippen LogP contribution in [0.4, 0.5) is 4.79 Å². The molecule has 8 heteroatoms. The summed E-state index contributed by atoms with van der Waals surface area (Å²) in [4.78, 5) is 15.4. The van der Waals surface area contributed by atoms with Gasteiger partial charge in [-0.2, -0.15) is 0 Å². The molecule has 1 amide bonds. The molecule has 0 bridgehead atoms. The molecule has 166 valence electrons. The average Bonchev–Trinajstić information content (AvgIpc) is 3.44. The number of aryl methyl sites for hydroxylation is 1. The number of benzene rings is 1. The molecule has 7 nitrogen and oxygen atoms in total. The Morgan fingerprint density at radius 1 is 1.17 bits per heavy atom. The Bertz CT molecular complexity index is 698. The quantitative estimate of drug-likeness (QED) is 0.506.